The molecule has 0 radical (unpaired) electrons. The third-order valence-electron chi connectivity index (χ3n) is 0. The van der Waals surface area contributed by atoms with Crippen molar-refractivity contribution in [2.24, 2.45) is 0 Å². The summed E-state index contributed by atoms with van der Waals surface area (Å²) in [7, 11) is 0. The maximum atomic E-state index is 6.25. The molecule has 0 N–H and O–H groups in total. The fraction of sp³-hybridized carbons (Fsp3) is 0. The molecule has 0 aliphatic rings. The Balaban J connectivity index is -0.00000000321. The van der Waals surface area contributed by atoms with Crippen molar-refractivity contribution in [1.82, 2.24) is 0 Å². The predicted molar refractivity (Wildman–Crippen MR) is 29.8 cm³/mol. The zero-order valence-corrected chi connectivity index (χ0v) is 20.9. The largest absolute Gasteiger partial charge is 1.00 e. The molecule has 0 saturated heterocycles. The summed E-state index contributed by atoms with van der Waals surface area (Å²) in [5.41, 5.74) is 0. The normalized spacial score (nSPS) is 0.750. The SMILES string of the molecule is [C-]#N.[C-]#N.[C-]#N.[C-]#N.[C-]#N.[C-]#N.[K+].[K+].[K+].[Os]. The van der Waals surface area contributed by atoms with Crippen LogP contribution in [0, 0.1) is 71.0 Å². The summed E-state index contributed by atoms with van der Waals surface area (Å²) < 4.78 is 0. The van der Waals surface area contributed by atoms with E-state index in [1.165, 1.54) is 0 Å². The average molecular weight is 464 g/mol. The molecule has 0 atom stereocenters. The smallest absolute Gasteiger partial charge is 0.512 e. The molecule has 0 bridgehead atoms. The van der Waals surface area contributed by atoms with Gasteiger partial charge in [-0.2, -0.15) is 0 Å². The van der Waals surface area contributed by atoms with E-state index in [2.05, 4.69) is 0 Å². The van der Waals surface area contributed by atoms with Gasteiger partial charge in [0, 0.05) is 19.8 Å². The Bertz CT molecular complexity index is 103. The first-order chi connectivity index (χ1) is 6.00. The van der Waals surface area contributed by atoms with Crippen LogP contribution in [0.15, 0.2) is 0 Å². The van der Waals surface area contributed by atoms with Crippen molar-refractivity contribution in [2.75, 3.05) is 0 Å². The summed E-state index contributed by atoms with van der Waals surface area (Å²) in [4.78, 5) is 0. The van der Waals surface area contributed by atoms with E-state index in [1.54, 1.807) is 0 Å². The first-order valence-corrected chi connectivity index (χ1v) is 1.34. The summed E-state index contributed by atoms with van der Waals surface area (Å²) in [5, 5.41) is 37.5. The Morgan fingerprint density at radius 3 is 0.312 bits per heavy atom. The second-order valence-electron chi connectivity index (χ2n) is 0. The van der Waals surface area contributed by atoms with Gasteiger partial charge in [-0.25, -0.2) is 0 Å². The summed E-state index contributed by atoms with van der Waals surface area (Å²) in [5.74, 6) is 0. The Labute approximate surface area is 238 Å². The molecule has 10 heteroatoms. The summed E-state index contributed by atoms with van der Waals surface area (Å²) in [6.07, 6.45) is 0. The van der Waals surface area contributed by atoms with Gasteiger partial charge in [0.15, 0.2) is 0 Å². The molecular formula is C6K3N6Os-3. The van der Waals surface area contributed by atoms with Gasteiger partial charge in [-0.1, -0.05) is 0 Å². The van der Waals surface area contributed by atoms with Crippen LogP contribution in [0.25, 0.3) is 0 Å². The van der Waals surface area contributed by atoms with Gasteiger partial charge in [0.1, 0.15) is 0 Å². The standard InChI is InChI=1S/6CN.3K.Os/c6*1-2;;;;/q6*-1;3*+1;. The Hall–Kier alpha value is 2.49. The van der Waals surface area contributed by atoms with Crippen LogP contribution < -0.4 is 154 Å². The molecule has 0 fully saturated rings. The predicted octanol–water partition coefficient (Wildman–Crippen LogP) is -8.41. The molecule has 0 aromatic rings. The van der Waals surface area contributed by atoms with Crippen molar-refractivity contribution >= 4 is 0 Å². The third-order valence-corrected chi connectivity index (χ3v) is 0. The molecule has 0 unspecified atom stereocenters. The van der Waals surface area contributed by atoms with Crippen LogP contribution in [0.1, 0.15) is 0 Å². The van der Waals surface area contributed by atoms with Crippen LogP contribution in [0.2, 0.25) is 0 Å². The second kappa shape index (κ2) is 769. The third kappa shape index (κ3) is 640. The van der Waals surface area contributed by atoms with Crippen molar-refractivity contribution in [2.45, 2.75) is 0 Å². The minimum atomic E-state index is 0. The van der Waals surface area contributed by atoms with Crippen molar-refractivity contribution in [3.8, 4) is 0 Å². The maximum absolute atomic E-state index is 6.25. The molecule has 0 aromatic heterocycles. The van der Waals surface area contributed by atoms with Crippen molar-refractivity contribution < 1.29 is 174 Å². The van der Waals surface area contributed by atoms with Gasteiger partial charge >= 0.3 is 154 Å². The van der Waals surface area contributed by atoms with E-state index in [-0.39, 0.29) is 174 Å². The molecule has 68 valence electrons. The summed E-state index contributed by atoms with van der Waals surface area (Å²) >= 11 is 0. The molecular weight excluding hydrogens is 464 g/mol. The van der Waals surface area contributed by atoms with Gasteiger partial charge in [-0.3, -0.25) is 0 Å². The molecule has 0 aromatic carbocycles. The Morgan fingerprint density at radius 1 is 0.312 bits per heavy atom. The van der Waals surface area contributed by atoms with Gasteiger partial charge in [0.05, 0.1) is 0 Å². The van der Waals surface area contributed by atoms with Crippen molar-refractivity contribution in [1.29, 1.82) is 31.6 Å². The van der Waals surface area contributed by atoms with Gasteiger partial charge in [0.2, 0.25) is 0 Å². The summed E-state index contributed by atoms with van der Waals surface area (Å²) in [6.45, 7) is 28.5. The molecule has 16 heavy (non-hydrogen) atoms. The van der Waals surface area contributed by atoms with E-state index in [1.807, 2.05) is 0 Å². The monoisotopic (exact) mass is 465 g/mol. The van der Waals surface area contributed by atoms with E-state index in [4.69, 9.17) is 71.0 Å². The molecule has 0 rings (SSSR count). The van der Waals surface area contributed by atoms with Crippen LogP contribution in [0.5, 0.6) is 0 Å². The van der Waals surface area contributed by atoms with Gasteiger partial charge < -0.3 is 71.0 Å². The molecule has 0 heterocycles. The zero-order valence-electron chi connectivity index (χ0n) is 9.04. The molecule has 0 saturated carbocycles. The number of hydrogen-bond donors (Lipinski definition) is 0. The first-order valence-electron chi connectivity index (χ1n) is 1.34. The van der Waals surface area contributed by atoms with E-state index < -0.39 is 0 Å². The van der Waals surface area contributed by atoms with E-state index in [0.717, 1.165) is 0 Å². The Morgan fingerprint density at radius 2 is 0.312 bits per heavy atom. The van der Waals surface area contributed by atoms with Crippen LogP contribution in [-0.4, -0.2) is 0 Å². The molecule has 0 aliphatic heterocycles. The molecule has 0 spiro atoms. The number of nitrogens with zero attached hydrogens (tertiary/aromatic N) is 6. The maximum Gasteiger partial charge on any atom is 1.00 e. The van der Waals surface area contributed by atoms with Crippen LogP contribution in [0.4, 0.5) is 0 Å². The quantitative estimate of drug-likeness (QED) is 0.258. The minimum Gasteiger partial charge on any atom is -0.512 e. The molecule has 0 amide bonds. The Kier molecular flexibility index (Phi) is 3770. The van der Waals surface area contributed by atoms with Gasteiger partial charge in [-0.15, -0.1) is 0 Å². The van der Waals surface area contributed by atoms with E-state index in [9.17, 15) is 0 Å². The van der Waals surface area contributed by atoms with E-state index in [0.29, 0.717) is 0 Å². The zero-order chi connectivity index (χ0) is 12.0. The summed E-state index contributed by atoms with van der Waals surface area (Å²) in [6, 6.07) is 0. The topological polar surface area (TPSA) is 143 Å². The van der Waals surface area contributed by atoms with Crippen molar-refractivity contribution in [3.05, 3.63) is 39.4 Å². The van der Waals surface area contributed by atoms with E-state index >= 15 is 0 Å². The number of hydrogen-bond acceptors (Lipinski definition) is 6. The first kappa shape index (κ1) is 78.5. The van der Waals surface area contributed by atoms with Crippen LogP contribution in [0.3, 0.4) is 0 Å². The van der Waals surface area contributed by atoms with Gasteiger partial charge in [0.25, 0.3) is 0 Å². The van der Waals surface area contributed by atoms with Crippen LogP contribution in [-0.2, 0) is 19.8 Å². The minimum absolute atomic E-state index is 0. The second-order valence-corrected chi connectivity index (χ2v) is 0. The van der Waals surface area contributed by atoms with Crippen molar-refractivity contribution in [3.63, 3.8) is 0 Å². The number of rotatable bonds is 0. The average Bonchev–Trinajstić information content (AvgIpc) is 2.33. The fourth-order valence-electron chi connectivity index (χ4n) is 0. The van der Waals surface area contributed by atoms with Crippen LogP contribution >= 0.6 is 0 Å². The molecule has 0 aliphatic carbocycles. The molecule has 6 nitrogen and oxygen atoms in total. The van der Waals surface area contributed by atoms with Gasteiger partial charge in [-0.05, 0) is 0 Å². The fourth-order valence-corrected chi connectivity index (χ4v) is 0.